The fourth-order valence-electron chi connectivity index (χ4n) is 5.47. The molecule has 0 saturated carbocycles. The SMILES string of the molecule is C=C(CCC(CCC)n1c(=O)[nH]c2ncccc21)c1ccnc(C(=O)N2Cc3sccc3C(C)(C)C2)c1. The lowest BCUT2D eigenvalue weighted by Gasteiger charge is -2.38. The number of aromatic nitrogens is 4. The average molecular weight is 516 g/mol. The minimum absolute atomic E-state index is 0.0331. The summed E-state index contributed by atoms with van der Waals surface area (Å²) in [6.45, 7) is 12.1. The number of hydrogen-bond donors (Lipinski definition) is 1. The number of carbonyl (C=O) groups excluding carboxylic acids is 1. The summed E-state index contributed by atoms with van der Waals surface area (Å²) < 4.78 is 1.83. The van der Waals surface area contributed by atoms with Crippen molar-refractivity contribution in [1.29, 1.82) is 0 Å². The Morgan fingerprint density at radius 2 is 2.05 bits per heavy atom. The third kappa shape index (κ3) is 4.90. The van der Waals surface area contributed by atoms with Crippen LogP contribution in [0, 0.1) is 0 Å². The predicted octanol–water partition coefficient (Wildman–Crippen LogP) is 5.95. The number of pyridine rings is 2. The van der Waals surface area contributed by atoms with Crippen LogP contribution >= 0.6 is 11.3 Å². The van der Waals surface area contributed by atoms with E-state index in [1.165, 1.54) is 10.4 Å². The van der Waals surface area contributed by atoms with Gasteiger partial charge in [0, 0.05) is 35.3 Å². The number of fused-ring (bicyclic) bond motifs is 2. The third-order valence-corrected chi connectivity index (χ3v) is 8.23. The van der Waals surface area contributed by atoms with Gasteiger partial charge in [-0.2, -0.15) is 0 Å². The van der Waals surface area contributed by atoms with Crippen molar-refractivity contribution in [3.05, 3.63) is 86.9 Å². The lowest BCUT2D eigenvalue weighted by Crippen LogP contribution is -2.44. The van der Waals surface area contributed by atoms with E-state index in [0.29, 0.717) is 30.9 Å². The maximum absolute atomic E-state index is 13.5. The smallest absolute Gasteiger partial charge is 0.327 e. The molecule has 7 nitrogen and oxygen atoms in total. The second-order valence-electron chi connectivity index (χ2n) is 10.5. The van der Waals surface area contributed by atoms with E-state index in [4.69, 9.17) is 0 Å². The molecule has 1 atom stereocenters. The van der Waals surface area contributed by atoms with E-state index in [1.54, 1.807) is 23.7 Å². The second-order valence-corrected chi connectivity index (χ2v) is 11.5. The summed E-state index contributed by atoms with van der Waals surface area (Å²) in [7, 11) is 0. The summed E-state index contributed by atoms with van der Waals surface area (Å²) in [5.41, 5.74) is 4.84. The molecule has 0 radical (unpaired) electrons. The highest BCUT2D eigenvalue weighted by Crippen LogP contribution is 2.37. The highest BCUT2D eigenvalue weighted by Gasteiger charge is 2.35. The van der Waals surface area contributed by atoms with Gasteiger partial charge in [0.05, 0.1) is 12.1 Å². The van der Waals surface area contributed by atoms with Crippen molar-refractivity contribution in [1.82, 2.24) is 24.4 Å². The van der Waals surface area contributed by atoms with Gasteiger partial charge in [-0.3, -0.25) is 19.3 Å². The molecule has 0 bridgehead atoms. The monoisotopic (exact) mass is 515 g/mol. The quantitative estimate of drug-likeness (QED) is 0.314. The summed E-state index contributed by atoms with van der Waals surface area (Å²) in [6, 6.07) is 9.76. The number of nitrogens with one attached hydrogen (secondary N) is 1. The van der Waals surface area contributed by atoms with Crippen LogP contribution in [0.5, 0.6) is 0 Å². The van der Waals surface area contributed by atoms with Crippen LogP contribution in [-0.4, -0.2) is 36.9 Å². The van der Waals surface area contributed by atoms with Crippen molar-refractivity contribution in [3.63, 3.8) is 0 Å². The third-order valence-electron chi connectivity index (χ3n) is 7.33. The Labute approximate surface area is 220 Å². The zero-order valence-corrected chi connectivity index (χ0v) is 22.5. The summed E-state index contributed by atoms with van der Waals surface area (Å²) >= 11 is 1.71. The van der Waals surface area contributed by atoms with Gasteiger partial charge in [0.1, 0.15) is 5.69 Å². The number of amides is 1. The number of rotatable bonds is 8. The van der Waals surface area contributed by atoms with E-state index in [0.717, 1.165) is 35.9 Å². The van der Waals surface area contributed by atoms with E-state index < -0.39 is 0 Å². The van der Waals surface area contributed by atoms with Crippen LogP contribution in [-0.2, 0) is 12.0 Å². The summed E-state index contributed by atoms with van der Waals surface area (Å²) in [5, 5.41) is 2.11. The maximum Gasteiger partial charge on any atom is 0.327 e. The first kappa shape index (κ1) is 25.1. The zero-order valence-electron chi connectivity index (χ0n) is 21.7. The molecule has 4 aromatic rings. The molecule has 1 aliphatic heterocycles. The van der Waals surface area contributed by atoms with Crippen LogP contribution in [0.1, 0.15) is 79.0 Å². The first-order chi connectivity index (χ1) is 17.8. The minimum Gasteiger partial charge on any atom is -0.331 e. The molecule has 1 aliphatic rings. The largest absolute Gasteiger partial charge is 0.331 e. The lowest BCUT2D eigenvalue weighted by molar-refractivity contribution is 0.0684. The Kier molecular flexibility index (Phi) is 6.86. The van der Waals surface area contributed by atoms with Crippen molar-refractivity contribution >= 4 is 34.0 Å². The van der Waals surface area contributed by atoms with Gasteiger partial charge in [0.25, 0.3) is 5.91 Å². The molecule has 0 aromatic carbocycles. The summed E-state index contributed by atoms with van der Waals surface area (Å²) in [5.74, 6) is -0.0523. The highest BCUT2D eigenvalue weighted by atomic mass is 32.1. The van der Waals surface area contributed by atoms with Crippen LogP contribution in [0.15, 0.2) is 59.5 Å². The molecule has 37 heavy (non-hydrogen) atoms. The van der Waals surface area contributed by atoms with Gasteiger partial charge in [-0.1, -0.05) is 33.8 Å². The molecular weight excluding hydrogens is 482 g/mol. The van der Waals surface area contributed by atoms with Gasteiger partial charge in [0.15, 0.2) is 5.65 Å². The first-order valence-corrected chi connectivity index (χ1v) is 13.7. The Morgan fingerprint density at radius 1 is 1.22 bits per heavy atom. The molecule has 1 amide bonds. The molecule has 8 heteroatoms. The Morgan fingerprint density at radius 3 is 2.86 bits per heavy atom. The van der Waals surface area contributed by atoms with E-state index in [-0.39, 0.29) is 23.1 Å². The molecule has 5 rings (SSSR count). The van der Waals surface area contributed by atoms with Crippen LogP contribution < -0.4 is 5.69 Å². The predicted molar refractivity (Wildman–Crippen MR) is 149 cm³/mol. The normalized spacial score (nSPS) is 15.5. The molecule has 5 heterocycles. The topological polar surface area (TPSA) is 83.9 Å². The average Bonchev–Trinajstić information content (AvgIpc) is 3.50. The van der Waals surface area contributed by atoms with Crippen molar-refractivity contribution < 1.29 is 4.79 Å². The highest BCUT2D eigenvalue weighted by molar-refractivity contribution is 7.10. The van der Waals surface area contributed by atoms with Crippen molar-refractivity contribution in [2.24, 2.45) is 0 Å². The molecule has 192 valence electrons. The molecule has 0 saturated heterocycles. The standard InChI is InChI=1S/C29H33N5O2S/c1-5-7-21(34-24-8-6-13-31-26(24)32-28(34)36)10-9-19(2)20-11-14-30-23(16-20)27(35)33-17-25-22(12-15-37-25)29(3,4)18-33/h6,8,11-16,21H,2,5,7,9-10,17-18H2,1,3-4H3,(H,31,32,36). The van der Waals surface area contributed by atoms with E-state index in [2.05, 4.69) is 53.7 Å². The fraction of sp³-hybridized carbons (Fsp3) is 0.379. The molecule has 1 N–H and O–H groups in total. The second kappa shape index (κ2) is 10.1. The summed E-state index contributed by atoms with van der Waals surface area (Å²) in [4.78, 5) is 40.9. The molecule has 1 unspecified atom stereocenters. The molecule has 4 aromatic heterocycles. The van der Waals surface area contributed by atoms with Crippen LogP contribution in [0.25, 0.3) is 16.7 Å². The van der Waals surface area contributed by atoms with Gasteiger partial charge in [-0.15, -0.1) is 11.3 Å². The maximum atomic E-state index is 13.5. The molecule has 0 fully saturated rings. The molecule has 0 aliphatic carbocycles. The molecular formula is C29H33N5O2S. The van der Waals surface area contributed by atoms with Gasteiger partial charge >= 0.3 is 5.69 Å². The van der Waals surface area contributed by atoms with Gasteiger partial charge < -0.3 is 4.90 Å². The number of imidazole rings is 1. The van der Waals surface area contributed by atoms with E-state index in [1.807, 2.05) is 33.7 Å². The number of H-pyrrole nitrogens is 1. The fourth-order valence-corrected chi connectivity index (χ4v) is 6.54. The number of nitrogens with zero attached hydrogens (tertiary/aromatic N) is 4. The Hall–Kier alpha value is -3.52. The van der Waals surface area contributed by atoms with Crippen molar-refractivity contribution in [2.75, 3.05) is 6.54 Å². The van der Waals surface area contributed by atoms with E-state index in [9.17, 15) is 9.59 Å². The van der Waals surface area contributed by atoms with Crippen LogP contribution in [0.4, 0.5) is 0 Å². The minimum atomic E-state index is -0.132. The number of allylic oxidation sites excluding steroid dienone is 1. The van der Waals surface area contributed by atoms with Crippen molar-refractivity contribution in [2.45, 2.75) is 64.5 Å². The van der Waals surface area contributed by atoms with Gasteiger partial charge in [-0.05, 0) is 71.7 Å². The number of hydrogen-bond acceptors (Lipinski definition) is 5. The Balaban J connectivity index is 1.32. The molecule has 0 spiro atoms. The zero-order chi connectivity index (χ0) is 26.2. The van der Waals surface area contributed by atoms with Gasteiger partial charge in [-0.25, -0.2) is 9.78 Å². The lowest BCUT2D eigenvalue weighted by atomic mass is 9.81. The van der Waals surface area contributed by atoms with E-state index >= 15 is 0 Å². The number of carbonyl (C=O) groups is 1. The first-order valence-electron chi connectivity index (χ1n) is 12.8. The number of thiophene rings is 1. The van der Waals surface area contributed by atoms with Crippen molar-refractivity contribution in [3.8, 4) is 0 Å². The van der Waals surface area contributed by atoms with Crippen LogP contribution in [0.2, 0.25) is 0 Å². The Bertz CT molecular complexity index is 1510. The number of aromatic amines is 1. The summed E-state index contributed by atoms with van der Waals surface area (Å²) in [6.07, 6.45) is 6.69. The van der Waals surface area contributed by atoms with Crippen LogP contribution in [0.3, 0.4) is 0 Å². The van der Waals surface area contributed by atoms with Gasteiger partial charge in [0.2, 0.25) is 0 Å².